The number of fused-ring (bicyclic) bond motifs is 1. The fourth-order valence-electron chi connectivity index (χ4n) is 2.94. The highest BCUT2D eigenvalue weighted by Gasteiger charge is 2.31. The highest BCUT2D eigenvalue weighted by Crippen LogP contribution is 2.31. The lowest BCUT2D eigenvalue weighted by Gasteiger charge is -2.24. The fraction of sp³-hybridized carbons (Fsp3) is 0.190. The van der Waals surface area contributed by atoms with E-state index >= 15 is 0 Å². The lowest BCUT2D eigenvalue weighted by atomic mass is 10.00. The van der Waals surface area contributed by atoms with Crippen molar-refractivity contribution in [3.63, 3.8) is 0 Å². The van der Waals surface area contributed by atoms with E-state index in [-0.39, 0.29) is 5.91 Å². The zero-order chi connectivity index (χ0) is 21.1. The standard InChI is InChI=1S/C21H18Cl2N4OS/c1-4-11-26(2)21(29)25-19-20(28)27(3)17-10-9-13(22)12-15(17)18(24-19)14-7-5-6-8-16(14)23/h1,5-10,12,19H,11H2,2-3H3,(H,25,29). The molecule has 2 aromatic rings. The highest BCUT2D eigenvalue weighted by molar-refractivity contribution is 7.80. The number of hydrogen-bond donors (Lipinski definition) is 1. The van der Waals surface area contributed by atoms with Crippen LogP contribution in [0.3, 0.4) is 0 Å². The average molecular weight is 445 g/mol. The molecule has 2 aromatic carbocycles. The van der Waals surface area contributed by atoms with Crippen molar-refractivity contribution in [3.05, 3.63) is 63.6 Å². The molecule has 0 fully saturated rings. The van der Waals surface area contributed by atoms with Gasteiger partial charge in [0.1, 0.15) is 0 Å². The van der Waals surface area contributed by atoms with Crippen LogP contribution in [0.2, 0.25) is 10.0 Å². The van der Waals surface area contributed by atoms with Gasteiger partial charge in [0.25, 0.3) is 5.91 Å². The number of nitrogens with one attached hydrogen (secondary N) is 1. The SMILES string of the molecule is C#CCN(C)C(=S)NC1N=C(c2ccccc2Cl)c2cc(Cl)ccc2N(C)C1=O. The van der Waals surface area contributed by atoms with Crippen LogP contribution in [0.25, 0.3) is 0 Å². The lowest BCUT2D eigenvalue weighted by Crippen LogP contribution is -2.49. The van der Waals surface area contributed by atoms with Crippen LogP contribution in [-0.4, -0.2) is 48.4 Å². The van der Waals surface area contributed by atoms with Crippen molar-refractivity contribution in [3.8, 4) is 12.3 Å². The number of rotatable bonds is 3. The molecule has 5 nitrogen and oxygen atoms in total. The van der Waals surface area contributed by atoms with Gasteiger partial charge < -0.3 is 15.1 Å². The fourth-order valence-corrected chi connectivity index (χ4v) is 3.52. The molecular weight excluding hydrogens is 427 g/mol. The first-order chi connectivity index (χ1) is 13.8. The predicted molar refractivity (Wildman–Crippen MR) is 123 cm³/mol. The maximum absolute atomic E-state index is 13.1. The van der Waals surface area contributed by atoms with Crippen molar-refractivity contribution in [2.45, 2.75) is 6.17 Å². The van der Waals surface area contributed by atoms with Crippen molar-refractivity contribution >= 4 is 57.8 Å². The van der Waals surface area contributed by atoms with Crippen molar-refractivity contribution in [1.29, 1.82) is 0 Å². The number of benzodiazepines with no additional fused rings is 1. The Morgan fingerprint density at radius 2 is 2.03 bits per heavy atom. The number of anilines is 1. The smallest absolute Gasteiger partial charge is 0.272 e. The minimum absolute atomic E-state index is 0.271. The summed E-state index contributed by atoms with van der Waals surface area (Å²) in [6.07, 6.45) is 4.40. The topological polar surface area (TPSA) is 47.9 Å². The number of likely N-dealkylation sites (N-methyl/N-ethyl adjacent to an activating group) is 1. The molecule has 1 N–H and O–H groups in total. The van der Waals surface area contributed by atoms with Gasteiger partial charge in [-0.3, -0.25) is 4.79 Å². The number of terminal acetylenes is 1. The molecule has 0 saturated carbocycles. The summed E-state index contributed by atoms with van der Waals surface area (Å²) >= 11 is 18.1. The molecule has 3 rings (SSSR count). The lowest BCUT2D eigenvalue weighted by molar-refractivity contribution is -0.119. The van der Waals surface area contributed by atoms with Gasteiger partial charge in [-0.1, -0.05) is 47.3 Å². The Kier molecular flexibility index (Phi) is 6.43. The molecule has 148 valence electrons. The van der Waals surface area contributed by atoms with Gasteiger partial charge in [-0.25, -0.2) is 4.99 Å². The van der Waals surface area contributed by atoms with Crippen molar-refractivity contribution in [2.75, 3.05) is 25.5 Å². The normalized spacial score (nSPS) is 15.7. The van der Waals surface area contributed by atoms with Crippen LogP contribution in [0.15, 0.2) is 47.5 Å². The molecule has 0 aliphatic carbocycles. The second kappa shape index (κ2) is 8.83. The van der Waals surface area contributed by atoms with E-state index in [2.05, 4.69) is 11.2 Å². The van der Waals surface area contributed by atoms with Crippen LogP contribution in [0.4, 0.5) is 5.69 Å². The number of aliphatic imine (C=N–C) groups is 1. The number of amides is 1. The second-order valence-electron chi connectivity index (χ2n) is 6.43. The van der Waals surface area contributed by atoms with Gasteiger partial charge in [0, 0.05) is 35.3 Å². The van der Waals surface area contributed by atoms with E-state index in [0.717, 1.165) is 0 Å². The number of hydrogen-bond acceptors (Lipinski definition) is 3. The predicted octanol–water partition coefficient (Wildman–Crippen LogP) is 3.57. The molecule has 0 radical (unpaired) electrons. The van der Waals surface area contributed by atoms with Crippen LogP contribution in [0.5, 0.6) is 0 Å². The highest BCUT2D eigenvalue weighted by atomic mass is 35.5. The Balaban J connectivity index is 2.15. The molecule has 1 aliphatic heterocycles. The zero-order valence-electron chi connectivity index (χ0n) is 15.8. The molecule has 0 bridgehead atoms. The maximum atomic E-state index is 13.1. The minimum atomic E-state index is -0.954. The molecule has 0 saturated heterocycles. The van der Waals surface area contributed by atoms with Crippen molar-refractivity contribution in [1.82, 2.24) is 10.2 Å². The zero-order valence-corrected chi connectivity index (χ0v) is 18.1. The molecule has 0 spiro atoms. The molecule has 8 heteroatoms. The van der Waals surface area contributed by atoms with Gasteiger partial charge in [0.2, 0.25) is 6.17 Å². The van der Waals surface area contributed by atoms with Crippen LogP contribution in [0, 0.1) is 12.3 Å². The van der Waals surface area contributed by atoms with E-state index in [9.17, 15) is 4.79 Å². The van der Waals surface area contributed by atoms with E-state index < -0.39 is 6.17 Å². The Hall–Kier alpha value is -2.59. The average Bonchev–Trinajstić information content (AvgIpc) is 2.79. The second-order valence-corrected chi connectivity index (χ2v) is 7.66. The first kappa shape index (κ1) is 21.1. The minimum Gasteiger partial charge on any atom is -0.341 e. The summed E-state index contributed by atoms with van der Waals surface area (Å²) < 4.78 is 0. The van der Waals surface area contributed by atoms with Crippen LogP contribution < -0.4 is 10.2 Å². The molecule has 0 aromatic heterocycles. The van der Waals surface area contributed by atoms with Gasteiger partial charge in [0.05, 0.1) is 17.9 Å². The summed E-state index contributed by atoms with van der Waals surface area (Å²) in [5.41, 5.74) is 2.61. The Labute approximate surface area is 185 Å². The third-order valence-electron chi connectivity index (χ3n) is 4.46. The number of benzene rings is 2. The Bertz CT molecular complexity index is 1050. The van der Waals surface area contributed by atoms with Crippen LogP contribution in [0.1, 0.15) is 11.1 Å². The van der Waals surface area contributed by atoms with Gasteiger partial charge >= 0.3 is 0 Å². The maximum Gasteiger partial charge on any atom is 0.272 e. The molecular formula is C21H18Cl2N4OS. The molecule has 1 aliphatic rings. The number of halogens is 2. The number of nitrogens with zero attached hydrogens (tertiary/aromatic N) is 3. The third kappa shape index (κ3) is 4.38. The Morgan fingerprint density at radius 3 is 2.72 bits per heavy atom. The summed E-state index contributed by atoms with van der Waals surface area (Å²) in [7, 11) is 3.43. The van der Waals surface area contributed by atoms with Gasteiger partial charge in [-0.05, 0) is 36.5 Å². The van der Waals surface area contributed by atoms with E-state index in [1.807, 2.05) is 18.2 Å². The molecule has 1 heterocycles. The quantitative estimate of drug-likeness (QED) is 0.580. The number of carbonyl (C=O) groups excluding carboxylic acids is 1. The van der Waals surface area contributed by atoms with Gasteiger partial charge in [-0.2, -0.15) is 0 Å². The number of thiocarbonyl (C=S) groups is 1. The largest absolute Gasteiger partial charge is 0.341 e. The summed E-state index contributed by atoms with van der Waals surface area (Å²) in [4.78, 5) is 21.0. The first-order valence-electron chi connectivity index (χ1n) is 8.68. The van der Waals surface area contributed by atoms with Crippen LogP contribution in [-0.2, 0) is 4.79 Å². The van der Waals surface area contributed by atoms with Crippen molar-refractivity contribution in [2.24, 2.45) is 4.99 Å². The van der Waals surface area contributed by atoms with E-state index in [0.29, 0.717) is 44.2 Å². The molecule has 1 amide bonds. The third-order valence-corrected chi connectivity index (χ3v) is 5.46. The summed E-state index contributed by atoms with van der Waals surface area (Å²) in [6.45, 7) is 0.305. The summed E-state index contributed by atoms with van der Waals surface area (Å²) in [5, 5.41) is 4.36. The van der Waals surface area contributed by atoms with Gasteiger partial charge in [0.15, 0.2) is 5.11 Å². The van der Waals surface area contributed by atoms with E-state index in [4.69, 9.17) is 46.8 Å². The van der Waals surface area contributed by atoms with Crippen molar-refractivity contribution < 1.29 is 4.79 Å². The summed E-state index contributed by atoms with van der Waals surface area (Å²) in [6, 6.07) is 12.6. The number of carbonyl (C=O) groups is 1. The molecule has 29 heavy (non-hydrogen) atoms. The first-order valence-corrected chi connectivity index (χ1v) is 9.85. The van der Waals surface area contributed by atoms with E-state index in [1.165, 1.54) is 4.90 Å². The molecule has 1 unspecified atom stereocenters. The summed E-state index contributed by atoms with van der Waals surface area (Å²) in [5.74, 6) is 2.24. The monoisotopic (exact) mass is 444 g/mol. The molecule has 1 atom stereocenters. The van der Waals surface area contributed by atoms with E-state index in [1.54, 1.807) is 43.3 Å². The van der Waals surface area contributed by atoms with Gasteiger partial charge in [-0.15, -0.1) is 6.42 Å². The van der Waals surface area contributed by atoms with Crippen LogP contribution >= 0.6 is 35.4 Å². The Morgan fingerprint density at radius 1 is 1.31 bits per heavy atom.